The highest BCUT2D eigenvalue weighted by atomic mass is 16.7. The summed E-state index contributed by atoms with van der Waals surface area (Å²) in [5.74, 6) is 0.351. The van der Waals surface area contributed by atoms with Gasteiger partial charge in [0.2, 0.25) is 0 Å². The third-order valence-corrected chi connectivity index (χ3v) is 3.36. The molecule has 2 rings (SSSR count). The monoisotopic (exact) mass is 342 g/mol. The molecule has 2 aromatic carbocycles. The molecule has 0 aliphatic carbocycles. The molecule has 6 nitrogen and oxygen atoms in total. The molecular weight excluding hydrogens is 320 g/mol. The Morgan fingerprint density at radius 1 is 1.08 bits per heavy atom. The van der Waals surface area contributed by atoms with Crippen molar-refractivity contribution in [2.45, 2.75) is 20.3 Å². The molecule has 0 unspecified atom stereocenters. The molecule has 0 heterocycles. The zero-order valence-electron chi connectivity index (χ0n) is 14.4. The summed E-state index contributed by atoms with van der Waals surface area (Å²) < 4.78 is 9.64. The molecule has 0 saturated heterocycles. The van der Waals surface area contributed by atoms with Crippen LogP contribution in [0.25, 0.3) is 0 Å². The SMILES string of the molecule is CCOC(=O)Oc1ccc(NC(=O)NCCc2cccc(C)c2)cc1. The van der Waals surface area contributed by atoms with E-state index in [0.29, 0.717) is 18.0 Å². The molecule has 0 saturated carbocycles. The Bertz CT molecular complexity index is 714. The van der Waals surface area contributed by atoms with E-state index in [-0.39, 0.29) is 12.6 Å². The second kappa shape index (κ2) is 9.32. The molecule has 0 aliphatic rings. The zero-order valence-corrected chi connectivity index (χ0v) is 14.4. The van der Waals surface area contributed by atoms with Crippen LogP contribution < -0.4 is 15.4 Å². The van der Waals surface area contributed by atoms with Crippen molar-refractivity contribution < 1.29 is 19.1 Å². The molecule has 0 spiro atoms. The lowest BCUT2D eigenvalue weighted by atomic mass is 10.1. The van der Waals surface area contributed by atoms with E-state index >= 15 is 0 Å². The van der Waals surface area contributed by atoms with Gasteiger partial charge in [0.1, 0.15) is 5.75 Å². The fraction of sp³-hybridized carbons (Fsp3) is 0.263. The number of anilines is 1. The molecule has 0 bridgehead atoms. The van der Waals surface area contributed by atoms with Crippen molar-refractivity contribution >= 4 is 17.9 Å². The van der Waals surface area contributed by atoms with Crippen LogP contribution in [0.5, 0.6) is 5.75 Å². The minimum atomic E-state index is -0.753. The Kier molecular flexibility index (Phi) is 6.83. The van der Waals surface area contributed by atoms with Crippen LogP contribution in [0.4, 0.5) is 15.3 Å². The third kappa shape index (κ3) is 6.55. The molecule has 2 amide bonds. The number of benzene rings is 2. The number of aryl methyl sites for hydroxylation is 1. The topological polar surface area (TPSA) is 76.7 Å². The van der Waals surface area contributed by atoms with Gasteiger partial charge in [-0.1, -0.05) is 29.8 Å². The van der Waals surface area contributed by atoms with Crippen LogP contribution in [0, 0.1) is 6.92 Å². The van der Waals surface area contributed by atoms with Crippen molar-refractivity contribution in [3.05, 3.63) is 59.7 Å². The maximum absolute atomic E-state index is 11.9. The molecule has 0 radical (unpaired) electrons. The number of hydrogen-bond acceptors (Lipinski definition) is 4. The summed E-state index contributed by atoms with van der Waals surface area (Å²) in [5.41, 5.74) is 2.98. The standard InChI is InChI=1S/C19H22N2O4/c1-3-24-19(23)25-17-9-7-16(8-10-17)21-18(22)20-12-11-15-6-4-5-14(2)13-15/h4-10,13H,3,11-12H2,1-2H3,(H2,20,21,22). The maximum Gasteiger partial charge on any atom is 0.513 e. The molecule has 2 aromatic rings. The van der Waals surface area contributed by atoms with Gasteiger partial charge in [-0.3, -0.25) is 0 Å². The van der Waals surface area contributed by atoms with Crippen LogP contribution in [0.1, 0.15) is 18.1 Å². The Morgan fingerprint density at radius 2 is 1.84 bits per heavy atom. The van der Waals surface area contributed by atoms with E-state index in [1.54, 1.807) is 31.2 Å². The van der Waals surface area contributed by atoms with E-state index < -0.39 is 6.16 Å². The summed E-state index contributed by atoms with van der Waals surface area (Å²) in [4.78, 5) is 23.1. The quantitative estimate of drug-likeness (QED) is 0.617. The van der Waals surface area contributed by atoms with Crippen LogP contribution in [-0.4, -0.2) is 25.3 Å². The molecule has 2 N–H and O–H groups in total. The highest BCUT2D eigenvalue weighted by Gasteiger charge is 2.06. The average Bonchev–Trinajstić information content (AvgIpc) is 2.57. The highest BCUT2D eigenvalue weighted by Crippen LogP contribution is 2.16. The van der Waals surface area contributed by atoms with Gasteiger partial charge in [0.15, 0.2) is 0 Å². The van der Waals surface area contributed by atoms with Gasteiger partial charge in [-0.05, 0) is 50.1 Å². The Balaban J connectivity index is 1.75. The van der Waals surface area contributed by atoms with E-state index in [9.17, 15) is 9.59 Å². The van der Waals surface area contributed by atoms with Crippen molar-refractivity contribution in [2.24, 2.45) is 0 Å². The number of ether oxygens (including phenoxy) is 2. The normalized spacial score (nSPS) is 10.0. The predicted molar refractivity (Wildman–Crippen MR) is 96.0 cm³/mol. The second-order valence-electron chi connectivity index (χ2n) is 5.43. The van der Waals surface area contributed by atoms with Crippen LogP contribution in [0.2, 0.25) is 0 Å². The lowest BCUT2D eigenvalue weighted by molar-refractivity contribution is 0.104. The van der Waals surface area contributed by atoms with Gasteiger partial charge < -0.3 is 20.1 Å². The highest BCUT2D eigenvalue weighted by molar-refractivity contribution is 5.89. The van der Waals surface area contributed by atoms with Gasteiger partial charge in [0, 0.05) is 12.2 Å². The Hall–Kier alpha value is -3.02. The average molecular weight is 342 g/mol. The summed E-state index contributed by atoms with van der Waals surface area (Å²) in [6.45, 7) is 4.53. The third-order valence-electron chi connectivity index (χ3n) is 3.36. The molecular formula is C19H22N2O4. The number of amides is 2. The smallest absolute Gasteiger partial charge is 0.434 e. The van der Waals surface area contributed by atoms with Gasteiger partial charge in [0.25, 0.3) is 0 Å². The van der Waals surface area contributed by atoms with Crippen molar-refractivity contribution in [3.8, 4) is 5.75 Å². The minimum Gasteiger partial charge on any atom is -0.434 e. The number of nitrogens with one attached hydrogen (secondary N) is 2. The number of urea groups is 1. The fourth-order valence-electron chi connectivity index (χ4n) is 2.21. The maximum atomic E-state index is 11.9. The predicted octanol–water partition coefficient (Wildman–Crippen LogP) is 3.89. The van der Waals surface area contributed by atoms with Gasteiger partial charge >= 0.3 is 12.2 Å². The van der Waals surface area contributed by atoms with E-state index in [1.165, 1.54) is 11.1 Å². The molecule has 25 heavy (non-hydrogen) atoms. The zero-order chi connectivity index (χ0) is 18.1. The molecule has 0 aliphatic heterocycles. The number of carbonyl (C=O) groups is 2. The Labute approximate surface area is 147 Å². The van der Waals surface area contributed by atoms with Crippen molar-refractivity contribution in [2.75, 3.05) is 18.5 Å². The Morgan fingerprint density at radius 3 is 2.52 bits per heavy atom. The van der Waals surface area contributed by atoms with E-state index in [1.807, 2.05) is 25.1 Å². The first kappa shape index (κ1) is 18.3. The summed E-state index contributed by atoms with van der Waals surface area (Å²) in [6.07, 6.45) is 0.0126. The van der Waals surface area contributed by atoms with Crippen LogP contribution in [-0.2, 0) is 11.2 Å². The van der Waals surface area contributed by atoms with Crippen molar-refractivity contribution in [1.82, 2.24) is 5.32 Å². The van der Waals surface area contributed by atoms with Crippen LogP contribution >= 0.6 is 0 Å². The first-order valence-corrected chi connectivity index (χ1v) is 8.12. The van der Waals surface area contributed by atoms with Gasteiger partial charge in [0.05, 0.1) is 6.61 Å². The number of rotatable bonds is 6. The van der Waals surface area contributed by atoms with E-state index in [0.717, 1.165) is 6.42 Å². The van der Waals surface area contributed by atoms with E-state index in [4.69, 9.17) is 4.74 Å². The molecule has 0 aromatic heterocycles. The second-order valence-corrected chi connectivity index (χ2v) is 5.43. The van der Waals surface area contributed by atoms with Gasteiger partial charge in [-0.2, -0.15) is 0 Å². The largest absolute Gasteiger partial charge is 0.513 e. The molecule has 0 fully saturated rings. The van der Waals surface area contributed by atoms with Gasteiger partial charge in [-0.15, -0.1) is 0 Å². The summed E-state index contributed by atoms with van der Waals surface area (Å²) in [5, 5.41) is 5.53. The van der Waals surface area contributed by atoms with Crippen molar-refractivity contribution in [1.29, 1.82) is 0 Å². The summed E-state index contributed by atoms with van der Waals surface area (Å²) >= 11 is 0. The summed E-state index contributed by atoms with van der Waals surface area (Å²) in [7, 11) is 0. The first-order valence-electron chi connectivity index (χ1n) is 8.12. The lowest BCUT2D eigenvalue weighted by Gasteiger charge is -2.09. The number of hydrogen-bond donors (Lipinski definition) is 2. The fourth-order valence-corrected chi connectivity index (χ4v) is 2.21. The van der Waals surface area contributed by atoms with Crippen LogP contribution in [0.3, 0.4) is 0 Å². The van der Waals surface area contributed by atoms with Crippen molar-refractivity contribution in [3.63, 3.8) is 0 Å². The molecule has 132 valence electrons. The first-order chi connectivity index (χ1) is 12.1. The van der Waals surface area contributed by atoms with Crippen LogP contribution in [0.15, 0.2) is 48.5 Å². The molecule has 6 heteroatoms. The minimum absolute atomic E-state index is 0.251. The molecule has 0 atom stereocenters. The van der Waals surface area contributed by atoms with Gasteiger partial charge in [-0.25, -0.2) is 9.59 Å². The van der Waals surface area contributed by atoms with E-state index in [2.05, 4.69) is 21.4 Å². The summed E-state index contributed by atoms with van der Waals surface area (Å²) in [6, 6.07) is 14.4. The number of carbonyl (C=O) groups excluding carboxylic acids is 2. The lowest BCUT2D eigenvalue weighted by Crippen LogP contribution is -2.30.